The SMILES string of the molecule is C/C=C\C=C(C)C.C=C/C=C\C.CCCC(c1ccccc1)c1ccccc1.CCCN(CCC)c1ccc2c(c1)C(=O)N(Cc1cccc(O)c1)C2. The van der Waals surface area contributed by atoms with Crippen LogP contribution in [0.1, 0.15) is 113 Å². The van der Waals surface area contributed by atoms with Crippen LogP contribution in [0.4, 0.5) is 5.69 Å². The fraction of sp³-hybridized carbons (Fsp3) is 0.327. The van der Waals surface area contributed by atoms with Gasteiger partial charge in [0.25, 0.3) is 5.91 Å². The standard InChI is InChI=1S/C21H26N2O2.C16H18.C7H12.C5H8/c1-3-10-22(11-4-2)18-9-8-17-15-23(21(25)20(17)13-18)14-16-6-5-7-19(24)12-16;1-2-9-16(14-10-5-3-6-11-14)15-12-7-4-8-13-15;1-4-5-6-7(2)3;1-3-5-4-2/h5-9,12-13,24H,3-4,10-11,14-15H2,1-2H3;3-8,10-13,16H,2,9H2,1H3;4-6H,1-3H3;3-5H,1H2,2H3/b;;2*5-4-. The summed E-state index contributed by atoms with van der Waals surface area (Å²) in [5, 5.41) is 9.62. The molecule has 0 aliphatic carbocycles. The summed E-state index contributed by atoms with van der Waals surface area (Å²) in [7, 11) is 0. The van der Waals surface area contributed by atoms with Crippen molar-refractivity contribution in [3.8, 4) is 5.75 Å². The van der Waals surface area contributed by atoms with E-state index in [1.165, 1.54) is 29.5 Å². The first kappa shape index (κ1) is 44.1. The molecule has 4 heteroatoms. The predicted octanol–water partition coefficient (Wildman–Crippen LogP) is 13.1. The van der Waals surface area contributed by atoms with E-state index in [9.17, 15) is 9.90 Å². The summed E-state index contributed by atoms with van der Waals surface area (Å²) in [5.74, 6) is 0.860. The van der Waals surface area contributed by atoms with Crippen LogP contribution in [0.2, 0.25) is 0 Å². The van der Waals surface area contributed by atoms with Crippen molar-refractivity contribution in [3.63, 3.8) is 0 Å². The molecule has 53 heavy (non-hydrogen) atoms. The zero-order chi connectivity index (χ0) is 38.8. The number of hydrogen-bond donors (Lipinski definition) is 1. The molecular weight excluding hydrogens is 649 g/mol. The summed E-state index contributed by atoms with van der Waals surface area (Å²) >= 11 is 0. The van der Waals surface area contributed by atoms with E-state index >= 15 is 0 Å². The van der Waals surface area contributed by atoms with E-state index in [1.807, 2.05) is 61.3 Å². The first-order valence-corrected chi connectivity index (χ1v) is 19.3. The van der Waals surface area contributed by atoms with Crippen molar-refractivity contribution < 1.29 is 9.90 Å². The zero-order valence-electron chi connectivity index (χ0n) is 33.5. The van der Waals surface area contributed by atoms with Gasteiger partial charge in [0.2, 0.25) is 0 Å². The highest BCUT2D eigenvalue weighted by Crippen LogP contribution is 2.30. The Labute approximate surface area is 321 Å². The second-order valence-electron chi connectivity index (χ2n) is 13.4. The van der Waals surface area contributed by atoms with Gasteiger partial charge in [-0.3, -0.25) is 4.79 Å². The van der Waals surface area contributed by atoms with Crippen LogP contribution in [-0.4, -0.2) is 29.0 Å². The van der Waals surface area contributed by atoms with Crippen molar-refractivity contribution >= 4 is 11.6 Å². The highest BCUT2D eigenvalue weighted by Gasteiger charge is 2.28. The Morgan fingerprint density at radius 3 is 1.85 bits per heavy atom. The number of carbonyl (C=O) groups is 1. The molecule has 0 spiro atoms. The molecule has 1 heterocycles. The van der Waals surface area contributed by atoms with Crippen molar-refractivity contribution in [2.75, 3.05) is 18.0 Å². The van der Waals surface area contributed by atoms with Gasteiger partial charge in [-0.1, -0.05) is 155 Å². The first-order valence-electron chi connectivity index (χ1n) is 19.3. The minimum Gasteiger partial charge on any atom is -0.508 e. The van der Waals surface area contributed by atoms with Gasteiger partial charge in [0.05, 0.1) is 0 Å². The number of anilines is 1. The van der Waals surface area contributed by atoms with Crippen LogP contribution in [0, 0.1) is 0 Å². The Morgan fingerprint density at radius 1 is 0.792 bits per heavy atom. The Bertz CT molecular complexity index is 1660. The molecule has 1 aliphatic heterocycles. The molecule has 0 saturated heterocycles. The molecule has 4 nitrogen and oxygen atoms in total. The molecule has 4 aromatic rings. The monoisotopic (exact) mass is 712 g/mol. The van der Waals surface area contributed by atoms with E-state index in [-0.39, 0.29) is 11.7 Å². The third-order valence-electron chi connectivity index (χ3n) is 8.54. The molecule has 0 fully saturated rings. The van der Waals surface area contributed by atoms with Crippen LogP contribution in [-0.2, 0) is 13.1 Å². The van der Waals surface area contributed by atoms with Crippen LogP contribution in [0.15, 0.2) is 152 Å². The van der Waals surface area contributed by atoms with Crippen LogP contribution >= 0.6 is 0 Å². The molecule has 0 saturated carbocycles. The second kappa shape index (κ2) is 25.8. The first-order chi connectivity index (χ1) is 25.7. The molecule has 5 rings (SSSR count). The van der Waals surface area contributed by atoms with E-state index < -0.39 is 0 Å². The molecule has 1 N–H and O–H groups in total. The number of rotatable bonds is 13. The quantitative estimate of drug-likeness (QED) is 0.140. The van der Waals surface area contributed by atoms with Gasteiger partial charge in [-0.15, -0.1) is 0 Å². The van der Waals surface area contributed by atoms with Crippen molar-refractivity contribution in [2.24, 2.45) is 0 Å². The van der Waals surface area contributed by atoms with Gasteiger partial charge >= 0.3 is 0 Å². The number of benzene rings is 4. The van der Waals surface area contributed by atoms with Crippen LogP contribution in [0.25, 0.3) is 0 Å². The molecular formula is C49H64N2O2. The van der Waals surface area contributed by atoms with Crippen LogP contribution in [0.5, 0.6) is 5.75 Å². The Morgan fingerprint density at radius 2 is 1.40 bits per heavy atom. The van der Waals surface area contributed by atoms with Crippen molar-refractivity contribution in [3.05, 3.63) is 180 Å². The zero-order valence-corrected chi connectivity index (χ0v) is 33.5. The minimum absolute atomic E-state index is 0.0770. The van der Waals surface area contributed by atoms with E-state index in [0.717, 1.165) is 48.3 Å². The normalized spacial score (nSPS) is 11.5. The van der Waals surface area contributed by atoms with Crippen LogP contribution in [0.3, 0.4) is 0 Å². The Kier molecular flexibility index (Phi) is 21.5. The van der Waals surface area contributed by atoms with Gasteiger partial charge in [-0.25, -0.2) is 0 Å². The number of phenols is 1. The average Bonchev–Trinajstić information content (AvgIpc) is 3.48. The average molecular weight is 713 g/mol. The third kappa shape index (κ3) is 16.0. The molecule has 1 amide bonds. The summed E-state index contributed by atoms with van der Waals surface area (Å²) in [5.41, 5.74) is 8.18. The molecule has 0 radical (unpaired) electrons. The van der Waals surface area contributed by atoms with Gasteiger partial charge in [-0.05, 0) is 93.5 Å². The van der Waals surface area contributed by atoms with E-state index in [2.05, 4.69) is 125 Å². The lowest BCUT2D eigenvalue weighted by Gasteiger charge is -2.24. The smallest absolute Gasteiger partial charge is 0.254 e. The van der Waals surface area contributed by atoms with E-state index in [0.29, 0.717) is 19.0 Å². The third-order valence-corrected chi connectivity index (χ3v) is 8.54. The summed E-state index contributed by atoms with van der Waals surface area (Å²) in [6.07, 6.45) is 16.3. The second-order valence-corrected chi connectivity index (χ2v) is 13.4. The van der Waals surface area contributed by atoms with Gasteiger partial charge in [-0.2, -0.15) is 0 Å². The van der Waals surface area contributed by atoms with Gasteiger partial charge in [0, 0.05) is 43.3 Å². The molecule has 0 bridgehead atoms. The van der Waals surface area contributed by atoms with Crippen molar-refractivity contribution in [1.82, 2.24) is 4.90 Å². The fourth-order valence-corrected chi connectivity index (χ4v) is 6.07. The largest absolute Gasteiger partial charge is 0.508 e. The van der Waals surface area contributed by atoms with E-state index in [1.54, 1.807) is 18.2 Å². The maximum absolute atomic E-state index is 12.8. The maximum Gasteiger partial charge on any atom is 0.254 e. The molecule has 0 unspecified atom stereocenters. The minimum atomic E-state index is 0.0770. The number of carbonyl (C=O) groups excluding carboxylic acids is 1. The van der Waals surface area contributed by atoms with Crippen molar-refractivity contribution in [1.29, 1.82) is 0 Å². The summed E-state index contributed by atoms with van der Waals surface area (Å²) in [6.45, 7) is 21.4. The number of aromatic hydroxyl groups is 1. The molecule has 0 aromatic heterocycles. The highest BCUT2D eigenvalue weighted by molar-refractivity contribution is 5.99. The molecule has 4 aromatic carbocycles. The fourth-order valence-electron chi connectivity index (χ4n) is 6.07. The van der Waals surface area contributed by atoms with Gasteiger partial charge in [0.15, 0.2) is 0 Å². The van der Waals surface area contributed by atoms with Crippen LogP contribution < -0.4 is 4.90 Å². The lowest BCUT2D eigenvalue weighted by Crippen LogP contribution is -2.25. The molecule has 0 atom stereocenters. The van der Waals surface area contributed by atoms with E-state index in [4.69, 9.17) is 0 Å². The molecule has 282 valence electrons. The maximum atomic E-state index is 12.8. The van der Waals surface area contributed by atoms with Gasteiger partial charge in [0.1, 0.15) is 5.75 Å². The lowest BCUT2D eigenvalue weighted by atomic mass is 9.88. The number of nitrogens with zero attached hydrogens (tertiary/aromatic N) is 2. The number of phenolic OH excluding ortho intramolecular Hbond substituents is 1. The van der Waals surface area contributed by atoms with Gasteiger partial charge < -0.3 is 14.9 Å². The number of amides is 1. The summed E-state index contributed by atoms with van der Waals surface area (Å²) in [6, 6.07) is 35.0. The molecule has 1 aliphatic rings. The topological polar surface area (TPSA) is 43.8 Å². The number of allylic oxidation sites excluding steroid dienone is 7. The van der Waals surface area contributed by atoms with Crippen molar-refractivity contribution in [2.45, 2.75) is 93.2 Å². The Hall–Kier alpha value is -5.09. The predicted molar refractivity (Wildman–Crippen MR) is 230 cm³/mol. The highest BCUT2D eigenvalue weighted by atomic mass is 16.3. The summed E-state index contributed by atoms with van der Waals surface area (Å²) in [4.78, 5) is 17.0. The number of hydrogen-bond acceptors (Lipinski definition) is 3. The lowest BCUT2D eigenvalue weighted by molar-refractivity contribution is 0.0766. The Balaban J connectivity index is 0.000000295. The number of fused-ring (bicyclic) bond motifs is 1. The summed E-state index contributed by atoms with van der Waals surface area (Å²) < 4.78 is 0.